The summed E-state index contributed by atoms with van der Waals surface area (Å²) < 4.78 is 16.6. The van der Waals surface area contributed by atoms with Gasteiger partial charge in [0.2, 0.25) is 0 Å². The minimum atomic E-state index is -0.750. The van der Waals surface area contributed by atoms with Crippen LogP contribution in [-0.4, -0.2) is 27.5 Å². The van der Waals surface area contributed by atoms with Gasteiger partial charge in [0.25, 0.3) is 0 Å². The number of aryl methyl sites for hydroxylation is 1. The van der Waals surface area contributed by atoms with E-state index < -0.39 is 11.6 Å². The quantitative estimate of drug-likeness (QED) is 0.791. The molecule has 0 saturated carbocycles. The predicted octanol–water partition coefficient (Wildman–Crippen LogP) is 0.862. The van der Waals surface area contributed by atoms with Crippen LogP contribution in [0.4, 0.5) is 5.69 Å². The SMILES string of the molecule is Cc1cccc(N2CC[C@@H](N)C2)c1.O=S=O. The Labute approximate surface area is 99.0 Å². The fourth-order valence-corrected chi connectivity index (χ4v) is 1.85. The highest BCUT2D eigenvalue weighted by molar-refractivity contribution is 7.51. The van der Waals surface area contributed by atoms with E-state index in [2.05, 4.69) is 36.1 Å². The zero-order chi connectivity index (χ0) is 12.0. The van der Waals surface area contributed by atoms with E-state index in [1.807, 2.05) is 0 Å². The molecule has 2 rings (SSSR count). The van der Waals surface area contributed by atoms with Gasteiger partial charge < -0.3 is 10.6 Å². The molecule has 1 aromatic rings. The van der Waals surface area contributed by atoms with Gasteiger partial charge in [0.05, 0.1) is 0 Å². The third kappa shape index (κ3) is 3.75. The molecule has 0 radical (unpaired) electrons. The van der Waals surface area contributed by atoms with Crippen molar-refractivity contribution in [2.45, 2.75) is 19.4 Å². The lowest BCUT2D eigenvalue weighted by Crippen LogP contribution is -2.26. The van der Waals surface area contributed by atoms with Gasteiger partial charge in [-0.3, -0.25) is 0 Å². The average Bonchev–Trinajstić information content (AvgIpc) is 2.66. The molecule has 1 atom stereocenters. The molecule has 16 heavy (non-hydrogen) atoms. The Morgan fingerprint density at radius 1 is 1.44 bits per heavy atom. The second-order valence-corrected chi connectivity index (χ2v) is 4.04. The molecule has 1 aliphatic rings. The molecule has 1 aliphatic heterocycles. The minimum absolute atomic E-state index is 0.362. The van der Waals surface area contributed by atoms with Crippen LogP contribution in [0.2, 0.25) is 0 Å². The lowest BCUT2D eigenvalue weighted by Gasteiger charge is -2.18. The van der Waals surface area contributed by atoms with Crippen molar-refractivity contribution in [3.05, 3.63) is 29.8 Å². The fourth-order valence-electron chi connectivity index (χ4n) is 1.85. The van der Waals surface area contributed by atoms with E-state index in [9.17, 15) is 0 Å². The van der Waals surface area contributed by atoms with Crippen LogP contribution in [0, 0.1) is 6.92 Å². The zero-order valence-corrected chi connectivity index (χ0v) is 10.1. The number of nitrogens with two attached hydrogens (primary N) is 1. The summed E-state index contributed by atoms with van der Waals surface area (Å²) in [5.74, 6) is 0. The summed E-state index contributed by atoms with van der Waals surface area (Å²) in [6, 6.07) is 8.97. The number of nitrogens with zero attached hydrogens (tertiary/aromatic N) is 1. The molecular weight excluding hydrogens is 224 g/mol. The molecule has 88 valence electrons. The van der Waals surface area contributed by atoms with Gasteiger partial charge in [0.15, 0.2) is 0 Å². The second kappa shape index (κ2) is 6.40. The van der Waals surface area contributed by atoms with Gasteiger partial charge in [-0.05, 0) is 31.0 Å². The maximum Gasteiger partial charge on any atom is 0.335 e. The number of hydrogen-bond donors (Lipinski definition) is 1. The molecule has 0 amide bonds. The maximum atomic E-state index is 8.29. The summed E-state index contributed by atoms with van der Waals surface area (Å²) in [5, 5.41) is 0. The fraction of sp³-hybridized carbons (Fsp3) is 0.455. The number of hydrogen-bond acceptors (Lipinski definition) is 4. The standard InChI is InChI=1S/C11H16N2.O2S/c1-9-3-2-4-11(7-9)13-6-5-10(12)8-13;1-3-2/h2-4,7,10H,5-6,8,12H2,1H3;/t10-;/m1./s1. The van der Waals surface area contributed by atoms with Crippen molar-refractivity contribution in [3.63, 3.8) is 0 Å². The summed E-state index contributed by atoms with van der Waals surface area (Å²) in [6.07, 6.45) is 1.12. The van der Waals surface area contributed by atoms with Crippen molar-refractivity contribution >= 4 is 17.3 Å². The summed E-state index contributed by atoms with van der Waals surface area (Å²) >= 11 is -0.750. The lowest BCUT2D eigenvalue weighted by molar-refractivity contribution is 0.630. The van der Waals surface area contributed by atoms with Crippen LogP contribution in [0.15, 0.2) is 24.3 Å². The van der Waals surface area contributed by atoms with Gasteiger partial charge in [-0.15, -0.1) is 0 Å². The Hall–Kier alpha value is -1.20. The normalized spacial score (nSPS) is 18.9. The van der Waals surface area contributed by atoms with Crippen LogP contribution in [-0.2, 0) is 11.6 Å². The molecule has 0 spiro atoms. The highest BCUT2D eigenvalue weighted by atomic mass is 32.1. The van der Waals surface area contributed by atoms with Gasteiger partial charge in [-0.2, -0.15) is 8.42 Å². The van der Waals surface area contributed by atoms with E-state index >= 15 is 0 Å². The van der Waals surface area contributed by atoms with Crippen molar-refractivity contribution in [2.24, 2.45) is 5.73 Å². The Kier molecular flexibility index (Phi) is 5.14. The predicted molar refractivity (Wildman–Crippen MR) is 64.9 cm³/mol. The van der Waals surface area contributed by atoms with E-state index in [-0.39, 0.29) is 0 Å². The Morgan fingerprint density at radius 3 is 2.62 bits per heavy atom. The van der Waals surface area contributed by atoms with Gasteiger partial charge in [0.1, 0.15) is 0 Å². The first-order chi connectivity index (χ1) is 7.67. The van der Waals surface area contributed by atoms with Crippen LogP contribution in [0.1, 0.15) is 12.0 Å². The summed E-state index contributed by atoms with van der Waals surface area (Å²) in [4.78, 5) is 2.36. The first-order valence-corrected chi connectivity index (χ1v) is 5.83. The van der Waals surface area contributed by atoms with Crippen LogP contribution < -0.4 is 10.6 Å². The molecule has 0 aliphatic carbocycles. The van der Waals surface area contributed by atoms with Crippen LogP contribution in [0.5, 0.6) is 0 Å². The van der Waals surface area contributed by atoms with E-state index in [4.69, 9.17) is 14.2 Å². The van der Waals surface area contributed by atoms with Gasteiger partial charge in [-0.25, -0.2) is 0 Å². The number of anilines is 1. The topological polar surface area (TPSA) is 63.4 Å². The molecule has 5 heteroatoms. The Balaban J connectivity index is 0.000000386. The van der Waals surface area contributed by atoms with Crippen LogP contribution in [0.25, 0.3) is 0 Å². The number of benzene rings is 1. The van der Waals surface area contributed by atoms with Crippen molar-refractivity contribution in [2.75, 3.05) is 18.0 Å². The van der Waals surface area contributed by atoms with Gasteiger partial charge in [0, 0.05) is 24.8 Å². The van der Waals surface area contributed by atoms with E-state index in [0.29, 0.717) is 6.04 Å². The molecule has 1 saturated heterocycles. The molecule has 1 heterocycles. The molecule has 0 bridgehead atoms. The van der Waals surface area contributed by atoms with Crippen molar-refractivity contribution < 1.29 is 8.42 Å². The molecule has 0 unspecified atom stereocenters. The Morgan fingerprint density at radius 2 is 2.12 bits per heavy atom. The Bertz CT molecular complexity index is 378. The van der Waals surface area contributed by atoms with Crippen molar-refractivity contribution in [1.29, 1.82) is 0 Å². The molecular formula is C11H16N2O2S. The smallest absolute Gasteiger partial charge is 0.335 e. The number of rotatable bonds is 1. The maximum absolute atomic E-state index is 8.29. The average molecular weight is 240 g/mol. The summed E-state index contributed by atoms with van der Waals surface area (Å²) in [7, 11) is 0. The largest absolute Gasteiger partial charge is 0.370 e. The first-order valence-electron chi connectivity index (χ1n) is 5.16. The van der Waals surface area contributed by atoms with Crippen molar-refractivity contribution in [1.82, 2.24) is 0 Å². The highest BCUT2D eigenvalue weighted by Crippen LogP contribution is 2.20. The van der Waals surface area contributed by atoms with Crippen LogP contribution >= 0.6 is 0 Å². The minimum Gasteiger partial charge on any atom is -0.370 e. The lowest BCUT2D eigenvalue weighted by atomic mass is 10.2. The third-order valence-corrected chi connectivity index (χ3v) is 2.59. The van der Waals surface area contributed by atoms with E-state index in [0.717, 1.165) is 19.5 Å². The molecule has 0 aromatic heterocycles. The van der Waals surface area contributed by atoms with E-state index in [1.165, 1.54) is 11.3 Å². The molecule has 1 aromatic carbocycles. The van der Waals surface area contributed by atoms with Gasteiger partial charge in [-0.1, -0.05) is 12.1 Å². The second-order valence-electron chi connectivity index (χ2n) is 3.90. The third-order valence-electron chi connectivity index (χ3n) is 2.59. The highest BCUT2D eigenvalue weighted by Gasteiger charge is 2.18. The monoisotopic (exact) mass is 240 g/mol. The zero-order valence-electron chi connectivity index (χ0n) is 9.26. The molecule has 4 nitrogen and oxygen atoms in total. The first kappa shape index (κ1) is 12.9. The summed E-state index contributed by atoms with van der Waals surface area (Å²) in [6.45, 7) is 4.23. The summed E-state index contributed by atoms with van der Waals surface area (Å²) in [5.41, 5.74) is 8.49. The molecule has 1 fully saturated rings. The van der Waals surface area contributed by atoms with Crippen LogP contribution in [0.3, 0.4) is 0 Å². The van der Waals surface area contributed by atoms with Crippen molar-refractivity contribution in [3.8, 4) is 0 Å². The van der Waals surface area contributed by atoms with E-state index in [1.54, 1.807) is 0 Å². The van der Waals surface area contributed by atoms with Gasteiger partial charge >= 0.3 is 11.6 Å². The molecule has 2 N–H and O–H groups in total.